The molecule has 13 nitrogen and oxygen atoms in total. The van der Waals surface area contributed by atoms with Gasteiger partial charge in [-0.15, -0.1) is 0 Å². The van der Waals surface area contributed by atoms with Gasteiger partial charge in [-0.1, -0.05) is 128 Å². The Bertz CT molecular complexity index is 1180. The lowest BCUT2D eigenvalue weighted by Crippen LogP contribution is -2.29. The molecule has 0 heterocycles. The van der Waals surface area contributed by atoms with Gasteiger partial charge in [-0.25, -0.2) is 4.57 Å². The van der Waals surface area contributed by atoms with Crippen LogP contribution < -0.4 is 0 Å². The van der Waals surface area contributed by atoms with Crippen molar-refractivity contribution in [3.63, 3.8) is 0 Å². The van der Waals surface area contributed by atoms with Crippen LogP contribution in [0.1, 0.15) is 174 Å². The van der Waals surface area contributed by atoms with Crippen LogP contribution in [0.5, 0.6) is 0 Å². The topological polar surface area (TPSA) is 206 Å². The molecule has 0 aromatic rings. The predicted octanol–water partition coefficient (Wildman–Crippen LogP) is 8.37. The lowest BCUT2D eigenvalue weighted by atomic mass is 9.88. The number of phosphoric ester groups is 1. The molecule has 7 atom stereocenters. The lowest BCUT2D eigenvalue weighted by molar-refractivity contribution is -0.161. The molecule has 1 fully saturated rings. The average molecular weight is 847 g/mol. The molecule has 1 aliphatic carbocycles. The van der Waals surface area contributed by atoms with E-state index in [1.165, 1.54) is 44.9 Å². The number of Topliss-reactive ketones (excluding diaryl/α,β-unsaturated/α-hetero) is 1. The van der Waals surface area contributed by atoms with Gasteiger partial charge in [-0.3, -0.25) is 23.4 Å². The van der Waals surface area contributed by atoms with E-state index in [0.29, 0.717) is 32.1 Å². The molecule has 1 unspecified atom stereocenters. The van der Waals surface area contributed by atoms with Crippen molar-refractivity contribution in [1.82, 2.24) is 0 Å². The van der Waals surface area contributed by atoms with E-state index in [0.717, 1.165) is 64.2 Å². The molecule has 1 saturated carbocycles. The van der Waals surface area contributed by atoms with Crippen molar-refractivity contribution in [2.45, 2.75) is 199 Å². The van der Waals surface area contributed by atoms with Gasteiger partial charge < -0.3 is 34.8 Å². The summed E-state index contributed by atoms with van der Waals surface area (Å²) in [5, 5.41) is 39.1. The fourth-order valence-corrected chi connectivity index (χ4v) is 7.74. The van der Waals surface area contributed by atoms with Crippen molar-refractivity contribution in [2.24, 2.45) is 11.8 Å². The standard InChI is InChI=1S/C44H79O13P/c1-3-5-7-8-9-10-11-12-13-14-15-16-17-18-23-27-43(50)54-34-38(35-56-58(52,53)55-33-37(47)32-45)57-44(51)28-24-20-19-22-26-39-40(42(49)31-41(39)48)30-29-36(46)25-21-6-4-2/h10-11,29-30,36-41,45-48H,3-9,12-28,31-35H2,1-2H3,(H,52,53)/b11-10-,30-29+/t36-,37-,38+,39+,40+,41-/m0/s1. The Morgan fingerprint density at radius 2 is 1.31 bits per heavy atom. The highest BCUT2D eigenvalue weighted by Crippen LogP contribution is 2.43. The summed E-state index contributed by atoms with van der Waals surface area (Å²) in [6, 6.07) is 0. The molecule has 0 radical (unpaired) electrons. The Balaban J connectivity index is 2.44. The Morgan fingerprint density at radius 1 is 0.759 bits per heavy atom. The maximum absolute atomic E-state index is 12.7. The molecule has 0 aromatic carbocycles. The number of phosphoric acid groups is 1. The zero-order valence-electron chi connectivity index (χ0n) is 35.7. The van der Waals surface area contributed by atoms with Crippen molar-refractivity contribution in [3.8, 4) is 0 Å². The van der Waals surface area contributed by atoms with Crippen molar-refractivity contribution in [1.29, 1.82) is 0 Å². The Morgan fingerprint density at radius 3 is 1.95 bits per heavy atom. The summed E-state index contributed by atoms with van der Waals surface area (Å²) in [6.45, 7) is 1.99. The van der Waals surface area contributed by atoms with E-state index in [2.05, 4.69) is 30.5 Å². The molecule has 1 aliphatic rings. The van der Waals surface area contributed by atoms with Crippen LogP contribution in [-0.4, -0.2) is 93.9 Å². The van der Waals surface area contributed by atoms with Crippen LogP contribution in [0.25, 0.3) is 0 Å². The van der Waals surface area contributed by atoms with E-state index in [1.807, 2.05) is 0 Å². The van der Waals surface area contributed by atoms with Gasteiger partial charge in [0, 0.05) is 25.2 Å². The molecule has 0 saturated heterocycles. The summed E-state index contributed by atoms with van der Waals surface area (Å²) >= 11 is 0. The van der Waals surface area contributed by atoms with E-state index >= 15 is 0 Å². The fourth-order valence-electron chi connectivity index (χ4n) is 6.95. The smallest absolute Gasteiger partial charge is 0.462 e. The van der Waals surface area contributed by atoms with E-state index in [9.17, 15) is 39.2 Å². The zero-order chi connectivity index (χ0) is 42.9. The Labute approximate surface area is 349 Å². The molecule has 1 rings (SSSR count). The molecule has 0 spiro atoms. The molecular weight excluding hydrogens is 767 g/mol. The quantitative estimate of drug-likeness (QED) is 0.0172. The monoisotopic (exact) mass is 847 g/mol. The maximum Gasteiger partial charge on any atom is 0.472 e. The number of esters is 2. The summed E-state index contributed by atoms with van der Waals surface area (Å²) in [5.41, 5.74) is 0. The largest absolute Gasteiger partial charge is 0.472 e. The van der Waals surface area contributed by atoms with Gasteiger partial charge in [0.25, 0.3) is 0 Å². The Hall–Kier alpha value is -1.96. The molecule has 338 valence electrons. The molecule has 0 bridgehead atoms. The maximum atomic E-state index is 12.7. The third kappa shape index (κ3) is 28.5. The van der Waals surface area contributed by atoms with Gasteiger partial charge in [-0.2, -0.15) is 0 Å². The van der Waals surface area contributed by atoms with E-state index in [-0.39, 0.29) is 37.6 Å². The summed E-state index contributed by atoms with van der Waals surface area (Å²) in [6.07, 6.45) is 26.1. The summed E-state index contributed by atoms with van der Waals surface area (Å²) in [7, 11) is -4.68. The first-order valence-corrected chi connectivity index (χ1v) is 23.9. The van der Waals surface area contributed by atoms with Crippen molar-refractivity contribution in [3.05, 3.63) is 24.3 Å². The number of carbonyl (C=O) groups excluding carboxylic acids is 3. The van der Waals surface area contributed by atoms with Crippen molar-refractivity contribution < 1.29 is 62.8 Å². The minimum atomic E-state index is -4.68. The average Bonchev–Trinajstić information content (AvgIpc) is 3.47. The predicted molar refractivity (Wildman–Crippen MR) is 225 cm³/mol. The van der Waals surface area contributed by atoms with Gasteiger partial charge in [0.15, 0.2) is 6.10 Å². The summed E-state index contributed by atoms with van der Waals surface area (Å²) in [4.78, 5) is 47.7. The number of aliphatic hydroxyl groups excluding tert-OH is 4. The van der Waals surface area contributed by atoms with Gasteiger partial charge in [-0.05, 0) is 57.3 Å². The number of carbonyl (C=O) groups is 3. The van der Waals surface area contributed by atoms with Crippen LogP contribution >= 0.6 is 7.82 Å². The molecule has 0 amide bonds. The first-order valence-electron chi connectivity index (χ1n) is 22.4. The molecule has 58 heavy (non-hydrogen) atoms. The second kappa shape index (κ2) is 34.7. The Kier molecular flexibility index (Phi) is 32.4. The normalized spacial score (nSPS) is 19.8. The number of ether oxygens (including phenoxy) is 2. The van der Waals surface area contributed by atoms with Crippen LogP contribution in [0.2, 0.25) is 0 Å². The van der Waals surface area contributed by atoms with Crippen LogP contribution in [0.15, 0.2) is 24.3 Å². The summed E-state index contributed by atoms with van der Waals surface area (Å²) < 4.78 is 32.7. The van der Waals surface area contributed by atoms with Crippen LogP contribution in [0.4, 0.5) is 0 Å². The third-order valence-corrected chi connectivity index (χ3v) is 11.4. The van der Waals surface area contributed by atoms with Gasteiger partial charge in [0.05, 0.1) is 32.0 Å². The first-order chi connectivity index (χ1) is 27.9. The van der Waals surface area contributed by atoms with Gasteiger partial charge in [0.1, 0.15) is 18.5 Å². The van der Waals surface area contributed by atoms with Gasteiger partial charge in [0.2, 0.25) is 0 Å². The zero-order valence-corrected chi connectivity index (χ0v) is 36.6. The highest BCUT2D eigenvalue weighted by molar-refractivity contribution is 7.47. The number of allylic oxidation sites excluding steroid dienone is 3. The summed E-state index contributed by atoms with van der Waals surface area (Å²) in [5.74, 6) is -1.73. The highest BCUT2D eigenvalue weighted by Gasteiger charge is 2.39. The molecule has 5 N–H and O–H groups in total. The van der Waals surface area contributed by atoms with E-state index in [4.69, 9.17) is 19.1 Å². The molecule has 0 aliphatic heterocycles. The molecule has 14 heteroatoms. The number of unbranched alkanes of at least 4 members (excludes halogenated alkanes) is 16. The minimum Gasteiger partial charge on any atom is -0.462 e. The number of aliphatic hydroxyl groups is 4. The molecular formula is C44H79O13P. The van der Waals surface area contributed by atoms with Crippen LogP contribution in [-0.2, 0) is 37.5 Å². The van der Waals surface area contributed by atoms with E-state index < -0.39 is 69.9 Å². The fraction of sp³-hybridized carbons (Fsp3) is 0.841. The van der Waals surface area contributed by atoms with Gasteiger partial charge >= 0.3 is 19.8 Å². The number of ketones is 1. The minimum absolute atomic E-state index is 0.0170. The number of rotatable bonds is 38. The van der Waals surface area contributed by atoms with Crippen molar-refractivity contribution in [2.75, 3.05) is 26.4 Å². The second-order valence-corrected chi connectivity index (χ2v) is 17.3. The highest BCUT2D eigenvalue weighted by atomic mass is 31.2. The molecule has 0 aromatic heterocycles. The lowest BCUT2D eigenvalue weighted by Gasteiger charge is -2.20. The van der Waals surface area contributed by atoms with Crippen molar-refractivity contribution >= 4 is 25.5 Å². The van der Waals surface area contributed by atoms with E-state index in [1.54, 1.807) is 12.2 Å². The SMILES string of the molecule is CCCCCC/C=C\CCCCCCCCCC(=O)OC[C@H](COP(=O)(O)OC[C@@H](O)CO)OC(=O)CCCCCC[C@H]1[C@@H](O)CC(=O)[C@@H]1/C=C/[C@@H](O)CCCCC. The third-order valence-electron chi connectivity index (χ3n) is 10.5. The number of hydrogen-bond acceptors (Lipinski definition) is 12. The van der Waals surface area contributed by atoms with Crippen LogP contribution in [0.3, 0.4) is 0 Å². The second-order valence-electron chi connectivity index (χ2n) is 15.9. The first kappa shape index (κ1) is 54.1. The van der Waals surface area contributed by atoms with Crippen LogP contribution in [0, 0.1) is 11.8 Å². The number of hydrogen-bond donors (Lipinski definition) is 5.